The molecule has 0 fully saturated rings. The van der Waals surface area contributed by atoms with Gasteiger partial charge in [-0.05, 0) is 13.0 Å². The summed E-state index contributed by atoms with van der Waals surface area (Å²) in [5.41, 5.74) is 5.10. The Kier molecular flexibility index (Phi) is 4.54. The molecule has 21 heavy (non-hydrogen) atoms. The number of aromatic nitrogens is 1. The van der Waals surface area contributed by atoms with E-state index in [0.29, 0.717) is 6.07 Å². The maximum atomic E-state index is 12.4. The molecule has 11 heteroatoms. The molecule has 5 nitrogen and oxygen atoms in total. The number of rotatable bonds is 3. The molecule has 1 rings (SSSR count). The van der Waals surface area contributed by atoms with E-state index in [1.807, 2.05) is 0 Å². The summed E-state index contributed by atoms with van der Waals surface area (Å²) >= 11 is 0. The van der Waals surface area contributed by atoms with Crippen molar-refractivity contribution in [3.8, 4) is 5.88 Å². The minimum atomic E-state index is -5.67. The second kappa shape index (κ2) is 5.66. The fourth-order valence-corrected chi connectivity index (χ4v) is 1.34. The third-order valence-electron chi connectivity index (χ3n) is 2.17. The zero-order valence-corrected chi connectivity index (χ0v) is 10.3. The highest BCUT2D eigenvalue weighted by molar-refractivity contribution is 5.97. The summed E-state index contributed by atoms with van der Waals surface area (Å²) in [6.07, 6.45) is -15.4. The van der Waals surface area contributed by atoms with Crippen molar-refractivity contribution in [2.24, 2.45) is 10.9 Å². The van der Waals surface area contributed by atoms with Gasteiger partial charge in [-0.25, -0.2) is 4.98 Å². The Bertz CT molecular complexity index is 527. The van der Waals surface area contributed by atoms with Gasteiger partial charge in [0.1, 0.15) is 0 Å². The zero-order chi connectivity index (χ0) is 16.4. The van der Waals surface area contributed by atoms with Crippen LogP contribution in [0.5, 0.6) is 5.88 Å². The van der Waals surface area contributed by atoms with Gasteiger partial charge in [-0.15, -0.1) is 0 Å². The Morgan fingerprint density at radius 1 is 1.24 bits per heavy atom. The lowest BCUT2D eigenvalue weighted by molar-refractivity contribution is -0.300. The summed E-state index contributed by atoms with van der Waals surface area (Å²) < 4.78 is 78.1. The lowest BCUT2D eigenvalue weighted by Gasteiger charge is -2.23. The van der Waals surface area contributed by atoms with E-state index in [-0.39, 0.29) is 11.3 Å². The number of halogens is 6. The van der Waals surface area contributed by atoms with E-state index in [0.717, 1.165) is 0 Å². The molecule has 0 saturated heterocycles. The molecule has 0 saturated carbocycles. The van der Waals surface area contributed by atoms with E-state index in [2.05, 4.69) is 14.9 Å². The number of aryl methyl sites for hydroxylation is 1. The van der Waals surface area contributed by atoms with E-state index < -0.39 is 30.2 Å². The van der Waals surface area contributed by atoms with Gasteiger partial charge < -0.3 is 15.7 Å². The number of oxime groups is 1. The van der Waals surface area contributed by atoms with Gasteiger partial charge in [-0.3, -0.25) is 0 Å². The van der Waals surface area contributed by atoms with Crippen molar-refractivity contribution in [3.63, 3.8) is 0 Å². The first kappa shape index (κ1) is 16.9. The first-order valence-corrected chi connectivity index (χ1v) is 5.22. The molecule has 118 valence electrons. The molecular weight excluding hydrogens is 308 g/mol. The summed E-state index contributed by atoms with van der Waals surface area (Å²) in [5.74, 6) is -1.46. The monoisotopic (exact) mass is 317 g/mol. The Balaban J connectivity index is 3.19. The molecule has 0 aliphatic heterocycles. The molecule has 1 aromatic rings. The summed E-state index contributed by atoms with van der Waals surface area (Å²) in [4.78, 5) is 3.40. The minimum absolute atomic E-state index is 0.0252. The third-order valence-corrected chi connectivity index (χ3v) is 2.17. The topological polar surface area (TPSA) is 80.7 Å². The fraction of sp³-hybridized carbons (Fsp3) is 0.400. The van der Waals surface area contributed by atoms with Crippen LogP contribution < -0.4 is 10.5 Å². The van der Waals surface area contributed by atoms with Crippen LogP contribution in [0.15, 0.2) is 17.3 Å². The molecule has 0 radical (unpaired) electrons. The number of hydrogen-bond acceptors (Lipinski definition) is 4. The first-order chi connectivity index (χ1) is 9.45. The molecule has 3 N–H and O–H groups in total. The third kappa shape index (κ3) is 4.39. The number of pyridine rings is 1. The van der Waals surface area contributed by atoms with E-state index in [4.69, 9.17) is 10.9 Å². The van der Waals surface area contributed by atoms with Crippen molar-refractivity contribution < 1.29 is 36.3 Å². The molecule has 0 spiro atoms. The van der Waals surface area contributed by atoms with Crippen molar-refractivity contribution in [1.29, 1.82) is 0 Å². The summed E-state index contributed by atoms with van der Waals surface area (Å²) in [6, 6.07) is 1.89. The van der Waals surface area contributed by atoms with Crippen LogP contribution in [0.1, 0.15) is 11.3 Å². The molecular formula is C10H9F6N3O2. The number of nitrogens with two attached hydrogens (primary N) is 1. The van der Waals surface area contributed by atoms with Crippen LogP contribution in [-0.4, -0.2) is 34.5 Å². The van der Waals surface area contributed by atoms with Gasteiger partial charge in [0.05, 0.1) is 0 Å². The highest BCUT2D eigenvalue weighted by Crippen LogP contribution is 2.36. The van der Waals surface area contributed by atoms with Crippen LogP contribution in [0.25, 0.3) is 0 Å². The molecule has 0 unspecified atom stereocenters. The highest BCUT2D eigenvalue weighted by Gasteiger charge is 2.59. The van der Waals surface area contributed by atoms with Gasteiger partial charge in [0.15, 0.2) is 5.84 Å². The normalized spacial score (nSPS) is 13.6. The minimum Gasteiger partial charge on any atom is -0.455 e. The number of amidine groups is 1. The van der Waals surface area contributed by atoms with Crippen LogP contribution in [0, 0.1) is 6.92 Å². The summed E-state index contributed by atoms with van der Waals surface area (Å²) in [5, 5.41) is 11.0. The summed E-state index contributed by atoms with van der Waals surface area (Å²) in [6.45, 7) is 1.29. The molecule has 0 aromatic carbocycles. The molecule has 0 atom stereocenters. The molecule has 0 amide bonds. The van der Waals surface area contributed by atoms with Crippen molar-refractivity contribution >= 4 is 5.84 Å². The Hall–Kier alpha value is -2.20. The Morgan fingerprint density at radius 3 is 2.19 bits per heavy atom. The van der Waals surface area contributed by atoms with Gasteiger partial charge in [0, 0.05) is 17.3 Å². The van der Waals surface area contributed by atoms with Crippen LogP contribution in [0.2, 0.25) is 0 Å². The molecule has 0 aliphatic carbocycles. The standard InChI is InChI=1S/C10H9F6N3O2/c1-4-2-5(7(17)19-20)3-6(18-4)21-8(9(11,12)13)10(14,15)16/h2-3,8,20H,1H3,(H2,17,19). The van der Waals surface area contributed by atoms with Gasteiger partial charge >= 0.3 is 12.4 Å². The largest absolute Gasteiger partial charge is 0.455 e. The average Bonchev–Trinajstić information content (AvgIpc) is 2.31. The van der Waals surface area contributed by atoms with Crippen LogP contribution in [0.4, 0.5) is 26.3 Å². The smallest absolute Gasteiger partial charge is 0.434 e. The van der Waals surface area contributed by atoms with Crippen molar-refractivity contribution in [2.75, 3.05) is 0 Å². The van der Waals surface area contributed by atoms with Crippen LogP contribution >= 0.6 is 0 Å². The number of ether oxygens (including phenoxy) is 1. The molecule has 0 aliphatic rings. The Morgan fingerprint density at radius 2 is 1.76 bits per heavy atom. The molecule has 1 aromatic heterocycles. The van der Waals surface area contributed by atoms with Crippen molar-refractivity contribution in [2.45, 2.75) is 25.4 Å². The van der Waals surface area contributed by atoms with E-state index >= 15 is 0 Å². The number of alkyl halides is 6. The quantitative estimate of drug-likeness (QED) is 0.295. The second-order valence-electron chi connectivity index (χ2n) is 3.90. The maximum absolute atomic E-state index is 12.4. The van der Waals surface area contributed by atoms with Gasteiger partial charge in [-0.1, -0.05) is 5.16 Å². The first-order valence-electron chi connectivity index (χ1n) is 5.22. The zero-order valence-electron chi connectivity index (χ0n) is 10.3. The van der Waals surface area contributed by atoms with Crippen molar-refractivity contribution in [3.05, 3.63) is 23.4 Å². The van der Waals surface area contributed by atoms with Gasteiger partial charge in [0.25, 0.3) is 6.10 Å². The van der Waals surface area contributed by atoms with E-state index in [9.17, 15) is 26.3 Å². The summed E-state index contributed by atoms with van der Waals surface area (Å²) in [7, 11) is 0. The number of hydrogen-bond donors (Lipinski definition) is 2. The predicted octanol–water partition coefficient (Wildman–Crippen LogP) is 2.36. The van der Waals surface area contributed by atoms with E-state index in [1.165, 1.54) is 13.0 Å². The lowest BCUT2D eigenvalue weighted by atomic mass is 10.2. The fourth-order valence-electron chi connectivity index (χ4n) is 1.34. The van der Waals surface area contributed by atoms with Crippen molar-refractivity contribution in [1.82, 2.24) is 4.98 Å². The van der Waals surface area contributed by atoms with E-state index in [1.54, 1.807) is 0 Å². The average molecular weight is 317 g/mol. The predicted molar refractivity (Wildman–Crippen MR) is 58.0 cm³/mol. The highest BCUT2D eigenvalue weighted by atomic mass is 19.4. The maximum Gasteiger partial charge on any atom is 0.434 e. The lowest BCUT2D eigenvalue weighted by Crippen LogP contribution is -2.46. The molecule has 0 bridgehead atoms. The van der Waals surface area contributed by atoms with Gasteiger partial charge in [0.2, 0.25) is 5.88 Å². The van der Waals surface area contributed by atoms with Crippen LogP contribution in [-0.2, 0) is 0 Å². The number of nitrogens with zero attached hydrogens (tertiary/aromatic N) is 2. The van der Waals surface area contributed by atoms with Crippen LogP contribution in [0.3, 0.4) is 0 Å². The van der Waals surface area contributed by atoms with Gasteiger partial charge in [-0.2, -0.15) is 26.3 Å². The molecule has 1 heterocycles. The SMILES string of the molecule is Cc1cc(/C(N)=N/O)cc(OC(C(F)(F)F)C(F)(F)F)n1. The Labute approximate surface area is 114 Å². The second-order valence-corrected chi connectivity index (χ2v) is 3.90.